The van der Waals surface area contributed by atoms with Crippen LogP contribution in [0.3, 0.4) is 0 Å². The van der Waals surface area contributed by atoms with Crippen molar-refractivity contribution in [2.75, 3.05) is 25.1 Å². The van der Waals surface area contributed by atoms with Crippen LogP contribution in [0.5, 0.6) is 0 Å². The molecule has 6 nitrogen and oxygen atoms in total. The zero-order valence-corrected chi connectivity index (χ0v) is 19.2. The molecule has 1 fully saturated rings. The summed E-state index contributed by atoms with van der Waals surface area (Å²) in [6.45, 7) is 6.48. The lowest BCUT2D eigenvalue weighted by Gasteiger charge is -2.23. The minimum Gasteiger partial charge on any atom is -0.465 e. The maximum absolute atomic E-state index is 12.8. The van der Waals surface area contributed by atoms with Crippen molar-refractivity contribution in [2.45, 2.75) is 33.2 Å². The Bertz CT molecular complexity index is 1280. The number of esters is 1. The van der Waals surface area contributed by atoms with E-state index in [0.29, 0.717) is 23.2 Å². The fourth-order valence-electron chi connectivity index (χ4n) is 4.73. The summed E-state index contributed by atoms with van der Waals surface area (Å²) in [4.78, 5) is 15.1. The standard InChI is InChI=1S/C27H26N4O2/c1-18-25(22-9-6-20(15-28)7-10-22)26(27(32)33-3)19(2)31(18)17-23-11-8-21(16-29)14-24(23)30-12-4-5-13-30/h6-11,14H,4-5,12-13,17H2,1-3H3. The summed E-state index contributed by atoms with van der Waals surface area (Å²) < 4.78 is 7.27. The van der Waals surface area contributed by atoms with E-state index in [1.54, 1.807) is 12.1 Å². The average molecular weight is 439 g/mol. The second-order valence-corrected chi connectivity index (χ2v) is 8.34. The Hall–Kier alpha value is -4.03. The fourth-order valence-corrected chi connectivity index (χ4v) is 4.73. The van der Waals surface area contributed by atoms with Crippen molar-refractivity contribution in [2.24, 2.45) is 0 Å². The van der Waals surface area contributed by atoms with Gasteiger partial charge in [0.2, 0.25) is 0 Å². The number of hydrogen-bond donors (Lipinski definition) is 0. The fraction of sp³-hybridized carbons (Fsp3) is 0.296. The minimum atomic E-state index is -0.381. The van der Waals surface area contributed by atoms with Gasteiger partial charge >= 0.3 is 5.97 Å². The van der Waals surface area contributed by atoms with Crippen LogP contribution in [0.1, 0.15) is 51.3 Å². The van der Waals surface area contributed by atoms with Crippen LogP contribution >= 0.6 is 0 Å². The molecule has 4 rings (SSSR count). The number of nitrogens with zero attached hydrogens (tertiary/aromatic N) is 4. The smallest absolute Gasteiger partial charge is 0.340 e. The Kier molecular flexibility index (Phi) is 6.20. The molecule has 0 N–H and O–H groups in total. The Morgan fingerprint density at radius 3 is 2.21 bits per heavy atom. The van der Waals surface area contributed by atoms with Gasteiger partial charge in [-0.15, -0.1) is 0 Å². The van der Waals surface area contributed by atoms with Gasteiger partial charge in [-0.25, -0.2) is 4.79 Å². The number of benzene rings is 2. The molecule has 0 radical (unpaired) electrons. The molecule has 0 spiro atoms. The molecule has 0 amide bonds. The number of hydrogen-bond acceptors (Lipinski definition) is 5. The number of aromatic nitrogens is 1. The zero-order chi connectivity index (χ0) is 23.5. The summed E-state index contributed by atoms with van der Waals surface area (Å²) in [7, 11) is 1.39. The van der Waals surface area contributed by atoms with Crippen molar-refractivity contribution >= 4 is 11.7 Å². The molecule has 3 aromatic rings. The Balaban J connectivity index is 1.84. The van der Waals surface area contributed by atoms with E-state index in [1.807, 2.05) is 44.2 Å². The quantitative estimate of drug-likeness (QED) is 0.527. The number of methoxy groups -OCH3 is 1. The van der Waals surface area contributed by atoms with Crippen LogP contribution in [0.25, 0.3) is 11.1 Å². The lowest BCUT2D eigenvalue weighted by molar-refractivity contribution is 0.0600. The molecule has 166 valence electrons. The second kappa shape index (κ2) is 9.22. The van der Waals surface area contributed by atoms with Gasteiger partial charge in [-0.3, -0.25) is 0 Å². The van der Waals surface area contributed by atoms with Gasteiger partial charge in [0.1, 0.15) is 0 Å². The van der Waals surface area contributed by atoms with Gasteiger partial charge in [-0.05, 0) is 62.1 Å². The highest BCUT2D eigenvalue weighted by molar-refractivity contribution is 5.99. The Morgan fingerprint density at radius 1 is 0.970 bits per heavy atom. The highest BCUT2D eigenvalue weighted by Gasteiger charge is 2.26. The van der Waals surface area contributed by atoms with Gasteiger partial charge in [0, 0.05) is 42.3 Å². The van der Waals surface area contributed by atoms with Gasteiger partial charge in [-0.1, -0.05) is 18.2 Å². The van der Waals surface area contributed by atoms with Crippen LogP contribution in [0.2, 0.25) is 0 Å². The van der Waals surface area contributed by atoms with Crippen LogP contribution in [-0.2, 0) is 11.3 Å². The maximum atomic E-state index is 12.8. The lowest BCUT2D eigenvalue weighted by Crippen LogP contribution is -2.20. The van der Waals surface area contributed by atoms with Crippen LogP contribution in [0, 0.1) is 36.5 Å². The first-order valence-electron chi connectivity index (χ1n) is 11.0. The van der Waals surface area contributed by atoms with Crippen molar-refractivity contribution in [3.63, 3.8) is 0 Å². The van der Waals surface area contributed by atoms with Crippen molar-refractivity contribution in [3.05, 3.63) is 76.1 Å². The molecule has 0 unspecified atom stereocenters. The average Bonchev–Trinajstić information content (AvgIpc) is 3.47. The molecule has 33 heavy (non-hydrogen) atoms. The molecule has 1 saturated heterocycles. The number of carbonyl (C=O) groups is 1. The van der Waals surface area contributed by atoms with Crippen molar-refractivity contribution in [1.82, 2.24) is 4.57 Å². The predicted molar refractivity (Wildman–Crippen MR) is 127 cm³/mol. The van der Waals surface area contributed by atoms with Crippen LogP contribution in [0.15, 0.2) is 42.5 Å². The van der Waals surface area contributed by atoms with Gasteiger partial charge in [0.25, 0.3) is 0 Å². The molecule has 2 aromatic carbocycles. The van der Waals surface area contributed by atoms with E-state index in [0.717, 1.165) is 59.7 Å². The maximum Gasteiger partial charge on any atom is 0.340 e. The van der Waals surface area contributed by atoms with E-state index < -0.39 is 0 Å². The van der Waals surface area contributed by atoms with Gasteiger partial charge in [0.05, 0.1) is 35.9 Å². The summed E-state index contributed by atoms with van der Waals surface area (Å²) in [5, 5.41) is 18.6. The number of ether oxygens (including phenoxy) is 1. The first-order chi connectivity index (χ1) is 16.0. The molecule has 6 heteroatoms. The first kappa shape index (κ1) is 22.2. The summed E-state index contributed by atoms with van der Waals surface area (Å²) in [5.74, 6) is -0.381. The SMILES string of the molecule is COC(=O)c1c(-c2ccc(C#N)cc2)c(C)n(Cc2ccc(C#N)cc2N2CCCC2)c1C. The monoisotopic (exact) mass is 438 g/mol. The van der Waals surface area contributed by atoms with Crippen LogP contribution in [-0.4, -0.2) is 30.7 Å². The highest BCUT2D eigenvalue weighted by Crippen LogP contribution is 2.35. The lowest BCUT2D eigenvalue weighted by atomic mass is 9.99. The minimum absolute atomic E-state index is 0.381. The van der Waals surface area contributed by atoms with Gasteiger partial charge < -0.3 is 14.2 Å². The second-order valence-electron chi connectivity index (χ2n) is 8.34. The van der Waals surface area contributed by atoms with Gasteiger partial charge in [0.15, 0.2) is 0 Å². The normalized spacial score (nSPS) is 12.9. The topological polar surface area (TPSA) is 82.0 Å². The van der Waals surface area contributed by atoms with E-state index in [9.17, 15) is 10.1 Å². The Morgan fingerprint density at radius 2 is 1.61 bits per heavy atom. The third-order valence-corrected chi connectivity index (χ3v) is 6.47. The molecule has 1 aliphatic rings. The Labute approximate surface area is 194 Å². The number of nitriles is 2. The van der Waals surface area contributed by atoms with E-state index in [-0.39, 0.29) is 5.97 Å². The molecule has 0 bridgehead atoms. The number of rotatable bonds is 5. The number of anilines is 1. The summed E-state index contributed by atoms with van der Waals surface area (Å²) in [6.07, 6.45) is 2.29. The molecule has 0 aliphatic carbocycles. The highest BCUT2D eigenvalue weighted by atomic mass is 16.5. The third kappa shape index (κ3) is 4.08. The van der Waals surface area contributed by atoms with E-state index in [1.165, 1.54) is 7.11 Å². The van der Waals surface area contributed by atoms with E-state index >= 15 is 0 Å². The van der Waals surface area contributed by atoms with E-state index in [2.05, 4.69) is 21.6 Å². The van der Waals surface area contributed by atoms with Crippen molar-refractivity contribution < 1.29 is 9.53 Å². The molecule has 0 saturated carbocycles. The molecular weight excluding hydrogens is 412 g/mol. The molecular formula is C27H26N4O2. The van der Waals surface area contributed by atoms with Gasteiger partial charge in [-0.2, -0.15) is 10.5 Å². The molecule has 1 aromatic heterocycles. The first-order valence-corrected chi connectivity index (χ1v) is 11.0. The third-order valence-electron chi connectivity index (χ3n) is 6.47. The summed E-state index contributed by atoms with van der Waals surface area (Å²) in [5.41, 5.74) is 7.42. The largest absolute Gasteiger partial charge is 0.465 e. The van der Waals surface area contributed by atoms with Crippen LogP contribution < -0.4 is 4.90 Å². The van der Waals surface area contributed by atoms with Crippen molar-refractivity contribution in [3.8, 4) is 23.3 Å². The predicted octanol–water partition coefficient (Wildman–Crippen LogP) is 4.95. The molecule has 0 atom stereocenters. The zero-order valence-electron chi connectivity index (χ0n) is 19.2. The summed E-state index contributed by atoms with van der Waals surface area (Å²) >= 11 is 0. The molecule has 2 heterocycles. The van der Waals surface area contributed by atoms with Crippen molar-refractivity contribution in [1.29, 1.82) is 10.5 Å². The van der Waals surface area contributed by atoms with E-state index in [4.69, 9.17) is 10.00 Å². The summed E-state index contributed by atoms with van der Waals surface area (Å²) in [6, 6.07) is 17.5. The van der Waals surface area contributed by atoms with Crippen LogP contribution in [0.4, 0.5) is 5.69 Å². The molecule has 1 aliphatic heterocycles. The number of carbonyl (C=O) groups excluding carboxylic acids is 1.